The number of hydrogen-bond donors (Lipinski definition) is 1. The Hall–Kier alpha value is -2.42. The topological polar surface area (TPSA) is 23.5 Å². The monoisotopic (exact) mass is 355 g/mol. The van der Waals surface area contributed by atoms with E-state index in [-0.39, 0.29) is 0 Å². The van der Waals surface area contributed by atoms with Crippen molar-refractivity contribution < 1.29 is 5.11 Å². The van der Waals surface area contributed by atoms with E-state index in [1.54, 1.807) is 0 Å². The zero-order chi connectivity index (χ0) is 18.2. The van der Waals surface area contributed by atoms with Crippen molar-refractivity contribution in [1.82, 2.24) is 4.90 Å². The van der Waals surface area contributed by atoms with E-state index in [1.807, 2.05) is 0 Å². The highest BCUT2D eigenvalue weighted by Crippen LogP contribution is 2.35. The molecule has 3 aromatic rings. The number of rotatable bonds is 3. The van der Waals surface area contributed by atoms with Crippen LogP contribution < -0.4 is 0 Å². The van der Waals surface area contributed by atoms with Gasteiger partial charge in [0.05, 0.1) is 6.10 Å². The molecule has 2 heteroatoms. The predicted molar refractivity (Wildman–Crippen MR) is 110 cm³/mol. The van der Waals surface area contributed by atoms with E-state index >= 15 is 0 Å². The van der Waals surface area contributed by atoms with Gasteiger partial charge in [0.15, 0.2) is 0 Å². The number of β-amino-alcohol motifs (C(OH)–C–C–N with tert-alkyl or cyclic N) is 1. The minimum Gasteiger partial charge on any atom is -0.387 e. The summed E-state index contributed by atoms with van der Waals surface area (Å²) in [6.07, 6.45) is 2.79. The normalized spacial score (nSPS) is 16.9. The lowest BCUT2D eigenvalue weighted by molar-refractivity contribution is 0.106. The summed E-state index contributed by atoms with van der Waals surface area (Å²) in [5.74, 6) is 0. The Morgan fingerprint density at radius 1 is 0.741 bits per heavy atom. The highest BCUT2D eigenvalue weighted by atomic mass is 16.3. The standard InChI is InChI=1S/C25H25NO/c27-25(17-26-14-13-18-5-1-2-7-22(18)16-26)21-11-12-24-20(15-21)10-9-19-6-3-4-8-23(19)24/h1-8,11-12,15,25,27H,9-10,13-14,16-17H2. The molecule has 0 aromatic heterocycles. The molecule has 0 radical (unpaired) electrons. The molecule has 5 rings (SSSR count). The van der Waals surface area contributed by atoms with Crippen LogP contribution in [0.3, 0.4) is 0 Å². The maximum Gasteiger partial charge on any atom is 0.0917 e. The SMILES string of the molecule is OC(CN1CCc2ccccc2C1)c1ccc2c(c1)CCc1ccccc1-2. The Balaban J connectivity index is 1.34. The van der Waals surface area contributed by atoms with Crippen LogP contribution in [0, 0.1) is 0 Å². The molecule has 2 nitrogen and oxygen atoms in total. The fourth-order valence-electron chi connectivity index (χ4n) is 4.62. The van der Waals surface area contributed by atoms with Gasteiger partial charge < -0.3 is 5.11 Å². The molecule has 0 bridgehead atoms. The molecule has 0 saturated heterocycles. The van der Waals surface area contributed by atoms with E-state index in [0.717, 1.165) is 37.9 Å². The van der Waals surface area contributed by atoms with E-state index in [4.69, 9.17) is 0 Å². The summed E-state index contributed by atoms with van der Waals surface area (Å²) in [5, 5.41) is 10.9. The highest BCUT2D eigenvalue weighted by molar-refractivity contribution is 5.73. The van der Waals surface area contributed by atoms with Gasteiger partial charge in [0, 0.05) is 19.6 Å². The summed E-state index contributed by atoms with van der Waals surface area (Å²) >= 11 is 0. The van der Waals surface area contributed by atoms with Gasteiger partial charge in [-0.25, -0.2) is 0 Å². The molecule has 0 spiro atoms. The molecular formula is C25H25NO. The van der Waals surface area contributed by atoms with Gasteiger partial charge in [-0.15, -0.1) is 0 Å². The third-order valence-corrected chi connectivity index (χ3v) is 6.13. The molecule has 2 aliphatic rings. The van der Waals surface area contributed by atoms with E-state index in [0.29, 0.717) is 6.54 Å². The summed E-state index contributed by atoms with van der Waals surface area (Å²) in [6, 6.07) is 23.9. The van der Waals surface area contributed by atoms with Crippen molar-refractivity contribution in [2.45, 2.75) is 31.9 Å². The zero-order valence-corrected chi connectivity index (χ0v) is 15.6. The van der Waals surface area contributed by atoms with Crippen LogP contribution in [-0.2, 0) is 25.8 Å². The van der Waals surface area contributed by atoms with E-state index in [9.17, 15) is 5.11 Å². The van der Waals surface area contributed by atoms with Gasteiger partial charge >= 0.3 is 0 Å². The minimum absolute atomic E-state index is 0.433. The lowest BCUT2D eigenvalue weighted by Gasteiger charge is -2.30. The number of aliphatic hydroxyl groups is 1. The fourth-order valence-corrected chi connectivity index (χ4v) is 4.62. The first-order valence-corrected chi connectivity index (χ1v) is 9.96. The molecule has 1 aliphatic heterocycles. The maximum absolute atomic E-state index is 10.9. The molecule has 1 unspecified atom stereocenters. The molecule has 0 saturated carbocycles. The van der Waals surface area contributed by atoms with Crippen molar-refractivity contribution in [1.29, 1.82) is 0 Å². The molecular weight excluding hydrogens is 330 g/mol. The molecule has 1 atom stereocenters. The second-order valence-electron chi connectivity index (χ2n) is 7.84. The van der Waals surface area contributed by atoms with Crippen LogP contribution in [0.4, 0.5) is 0 Å². The molecule has 136 valence electrons. The summed E-state index contributed by atoms with van der Waals surface area (Å²) < 4.78 is 0. The van der Waals surface area contributed by atoms with Crippen molar-refractivity contribution in [3.05, 3.63) is 94.5 Å². The second-order valence-corrected chi connectivity index (χ2v) is 7.84. The van der Waals surface area contributed by atoms with Crippen LogP contribution in [0.2, 0.25) is 0 Å². The summed E-state index contributed by atoms with van der Waals surface area (Å²) in [4.78, 5) is 2.38. The van der Waals surface area contributed by atoms with Crippen molar-refractivity contribution >= 4 is 0 Å². The number of fused-ring (bicyclic) bond motifs is 4. The van der Waals surface area contributed by atoms with Crippen LogP contribution >= 0.6 is 0 Å². The van der Waals surface area contributed by atoms with E-state index < -0.39 is 6.10 Å². The molecule has 1 aliphatic carbocycles. The van der Waals surface area contributed by atoms with E-state index in [2.05, 4.69) is 71.6 Å². The van der Waals surface area contributed by atoms with E-state index in [1.165, 1.54) is 33.4 Å². The Morgan fingerprint density at radius 2 is 1.44 bits per heavy atom. The van der Waals surface area contributed by atoms with Gasteiger partial charge in [-0.3, -0.25) is 4.90 Å². The highest BCUT2D eigenvalue weighted by Gasteiger charge is 2.21. The van der Waals surface area contributed by atoms with Crippen LogP contribution in [0.15, 0.2) is 66.7 Å². The largest absolute Gasteiger partial charge is 0.387 e. The predicted octanol–water partition coefficient (Wildman–Crippen LogP) is 4.54. The van der Waals surface area contributed by atoms with Crippen LogP contribution in [-0.4, -0.2) is 23.1 Å². The van der Waals surface area contributed by atoms with Gasteiger partial charge in [-0.2, -0.15) is 0 Å². The van der Waals surface area contributed by atoms with Crippen LogP contribution in [0.25, 0.3) is 11.1 Å². The van der Waals surface area contributed by atoms with Gasteiger partial charge in [0.2, 0.25) is 0 Å². The van der Waals surface area contributed by atoms with Crippen molar-refractivity contribution in [3.8, 4) is 11.1 Å². The Labute approximate surface area is 161 Å². The third kappa shape index (κ3) is 3.20. The quantitative estimate of drug-likeness (QED) is 0.745. The second kappa shape index (κ2) is 6.95. The van der Waals surface area contributed by atoms with Crippen molar-refractivity contribution in [2.75, 3.05) is 13.1 Å². The number of aliphatic hydroxyl groups excluding tert-OH is 1. The third-order valence-electron chi connectivity index (χ3n) is 6.13. The Morgan fingerprint density at radius 3 is 2.33 bits per heavy atom. The first-order chi connectivity index (χ1) is 13.3. The van der Waals surface area contributed by atoms with Gasteiger partial charge in [0.1, 0.15) is 0 Å². The summed E-state index contributed by atoms with van der Waals surface area (Å²) in [5.41, 5.74) is 9.40. The average Bonchev–Trinajstić information content (AvgIpc) is 2.73. The fraction of sp³-hybridized carbons (Fsp3) is 0.280. The summed E-state index contributed by atoms with van der Waals surface area (Å²) in [7, 11) is 0. The molecule has 27 heavy (non-hydrogen) atoms. The van der Waals surface area contributed by atoms with Gasteiger partial charge in [0.25, 0.3) is 0 Å². The van der Waals surface area contributed by atoms with Gasteiger partial charge in [-0.05, 0) is 58.2 Å². The summed E-state index contributed by atoms with van der Waals surface area (Å²) in [6.45, 7) is 2.65. The number of aryl methyl sites for hydroxylation is 2. The smallest absolute Gasteiger partial charge is 0.0917 e. The lowest BCUT2D eigenvalue weighted by Crippen LogP contribution is -2.34. The number of benzene rings is 3. The van der Waals surface area contributed by atoms with Crippen LogP contribution in [0.5, 0.6) is 0 Å². The molecule has 1 N–H and O–H groups in total. The molecule has 0 amide bonds. The van der Waals surface area contributed by atoms with Crippen molar-refractivity contribution in [2.24, 2.45) is 0 Å². The molecule has 0 fully saturated rings. The first kappa shape index (κ1) is 16.7. The van der Waals surface area contributed by atoms with Crippen LogP contribution in [0.1, 0.15) is 33.9 Å². The van der Waals surface area contributed by atoms with Crippen molar-refractivity contribution in [3.63, 3.8) is 0 Å². The average molecular weight is 355 g/mol. The molecule has 1 heterocycles. The number of nitrogens with zero attached hydrogens (tertiary/aromatic N) is 1. The lowest BCUT2D eigenvalue weighted by atomic mass is 9.84. The maximum atomic E-state index is 10.9. The molecule has 3 aromatic carbocycles. The Bertz CT molecular complexity index is 978. The Kier molecular flexibility index (Phi) is 4.31. The minimum atomic E-state index is -0.433. The van der Waals surface area contributed by atoms with Gasteiger partial charge in [-0.1, -0.05) is 66.7 Å². The first-order valence-electron chi connectivity index (χ1n) is 9.96. The zero-order valence-electron chi connectivity index (χ0n) is 15.6. The number of hydrogen-bond acceptors (Lipinski definition) is 2.